The Hall–Kier alpha value is -3.36. The molecule has 3 aromatic rings. The fourth-order valence-electron chi connectivity index (χ4n) is 4.60. The van der Waals surface area contributed by atoms with E-state index in [1.165, 1.54) is 10.6 Å². The van der Waals surface area contributed by atoms with Crippen molar-refractivity contribution >= 4 is 39.1 Å². The Kier molecular flexibility index (Phi) is 11.2. The van der Waals surface area contributed by atoms with E-state index in [0.717, 1.165) is 22.3 Å². The average molecular weight is 584 g/mol. The van der Waals surface area contributed by atoms with E-state index in [-0.39, 0.29) is 31.3 Å². The summed E-state index contributed by atoms with van der Waals surface area (Å²) in [5.41, 5.74) is 4.17. The Morgan fingerprint density at radius 3 is 2.25 bits per heavy atom. The van der Waals surface area contributed by atoms with Crippen LogP contribution in [0.4, 0.5) is 5.69 Å². The van der Waals surface area contributed by atoms with Gasteiger partial charge >= 0.3 is 0 Å². The van der Waals surface area contributed by atoms with E-state index >= 15 is 0 Å². The Bertz CT molecular complexity index is 1400. The molecule has 0 fully saturated rings. The first-order valence-corrected chi connectivity index (χ1v) is 15.6. The summed E-state index contributed by atoms with van der Waals surface area (Å²) in [5.74, 6) is -0.460. The van der Waals surface area contributed by atoms with Gasteiger partial charge < -0.3 is 10.2 Å². The number of likely N-dealkylation sites (N-methyl/N-ethyl adjacent to an activating group) is 1. The first-order chi connectivity index (χ1) is 19.0. The van der Waals surface area contributed by atoms with Gasteiger partial charge in [-0.2, -0.15) is 0 Å². The number of aryl methyl sites for hydroxylation is 2. The topological polar surface area (TPSA) is 86.8 Å². The normalized spacial score (nSPS) is 12.0. The Morgan fingerprint density at radius 2 is 1.62 bits per heavy atom. The molecule has 0 aliphatic carbocycles. The maximum absolute atomic E-state index is 13.8. The molecule has 9 heteroatoms. The van der Waals surface area contributed by atoms with Crippen LogP contribution in [0.2, 0.25) is 5.02 Å². The molecular formula is C31H38ClN3O4S. The van der Waals surface area contributed by atoms with E-state index in [1.807, 2.05) is 81.4 Å². The predicted molar refractivity (Wildman–Crippen MR) is 162 cm³/mol. The van der Waals surface area contributed by atoms with Crippen LogP contribution in [0.25, 0.3) is 0 Å². The van der Waals surface area contributed by atoms with E-state index in [9.17, 15) is 18.0 Å². The van der Waals surface area contributed by atoms with Gasteiger partial charge in [-0.1, -0.05) is 66.2 Å². The number of hydrogen-bond acceptors (Lipinski definition) is 4. The molecule has 0 aliphatic rings. The van der Waals surface area contributed by atoms with Gasteiger partial charge in [0.15, 0.2) is 0 Å². The quantitative estimate of drug-likeness (QED) is 0.297. The molecule has 2 amide bonds. The fraction of sp³-hybridized carbons (Fsp3) is 0.355. The van der Waals surface area contributed by atoms with E-state index < -0.39 is 16.1 Å². The Morgan fingerprint density at radius 1 is 0.950 bits per heavy atom. The third-order valence-corrected chi connectivity index (χ3v) is 8.11. The molecule has 0 aromatic heterocycles. The zero-order valence-corrected chi connectivity index (χ0v) is 25.1. The second-order valence-corrected chi connectivity index (χ2v) is 12.3. The van der Waals surface area contributed by atoms with Gasteiger partial charge in [0.1, 0.15) is 6.04 Å². The van der Waals surface area contributed by atoms with E-state index in [2.05, 4.69) is 5.32 Å². The van der Waals surface area contributed by atoms with E-state index in [0.29, 0.717) is 30.1 Å². The largest absolute Gasteiger partial charge is 0.355 e. The zero-order chi connectivity index (χ0) is 29.3. The van der Waals surface area contributed by atoms with Crippen molar-refractivity contribution in [3.8, 4) is 0 Å². The molecule has 0 saturated carbocycles. The minimum atomic E-state index is -3.57. The molecule has 40 heavy (non-hydrogen) atoms. The number of halogens is 1. The number of carbonyl (C=O) groups is 2. The van der Waals surface area contributed by atoms with Crippen molar-refractivity contribution in [3.05, 3.63) is 100 Å². The maximum Gasteiger partial charge on any atom is 0.243 e. The highest BCUT2D eigenvalue weighted by Gasteiger charge is 2.30. The van der Waals surface area contributed by atoms with Gasteiger partial charge in [-0.15, -0.1) is 0 Å². The second kappa shape index (κ2) is 14.3. The van der Waals surface area contributed by atoms with Crippen molar-refractivity contribution in [2.45, 2.75) is 52.6 Å². The molecular weight excluding hydrogens is 546 g/mol. The van der Waals surface area contributed by atoms with Crippen LogP contribution in [-0.2, 0) is 32.6 Å². The molecule has 7 nitrogen and oxygen atoms in total. The number of nitrogens with one attached hydrogen (secondary N) is 1. The lowest BCUT2D eigenvalue weighted by Crippen LogP contribution is -2.50. The van der Waals surface area contributed by atoms with Crippen LogP contribution >= 0.6 is 11.6 Å². The van der Waals surface area contributed by atoms with Gasteiger partial charge in [0.25, 0.3) is 0 Å². The number of sulfonamides is 1. The summed E-state index contributed by atoms with van der Waals surface area (Å²) < 4.78 is 26.8. The van der Waals surface area contributed by atoms with Crippen LogP contribution in [-0.4, -0.2) is 50.5 Å². The lowest BCUT2D eigenvalue weighted by Gasteiger charge is -2.32. The summed E-state index contributed by atoms with van der Waals surface area (Å²) in [6, 6.07) is 21.7. The van der Waals surface area contributed by atoms with Crippen molar-refractivity contribution in [1.82, 2.24) is 10.2 Å². The number of carbonyl (C=O) groups excluding carboxylic acids is 2. The molecule has 3 rings (SSSR count). The Labute approximate surface area is 243 Å². The van der Waals surface area contributed by atoms with Gasteiger partial charge in [-0.3, -0.25) is 13.9 Å². The third-order valence-electron chi connectivity index (χ3n) is 6.67. The number of nitrogens with zero attached hydrogens (tertiary/aromatic N) is 2. The van der Waals surface area contributed by atoms with Crippen LogP contribution in [0, 0.1) is 13.8 Å². The number of anilines is 1. The molecule has 3 aromatic carbocycles. The molecule has 1 N–H and O–H groups in total. The standard InChI is InChI=1S/C31H38ClN3O4S/c1-5-33-31(37)29(21-25-10-7-6-8-11-25)34(22-26-15-17-27(32)18-16-26)30(36)12-9-19-35(40(4,38)39)28-20-23(2)13-14-24(28)3/h6-8,10-11,13-18,20,29H,5,9,12,19,21-22H2,1-4H3,(H,33,37). The summed E-state index contributed by atoms with van der Waals surface area (Å²) in [6.07, 6.45) is 1.90. The van der Waals surface area contributed by atoms with Crippen LogP contribution in [0.1, 0.15) is 42.0 Å². The molecule has 1 atom stereocenters. The second-order valence-electron chi connectivity index (χ2n) is 9.98. The fourth-order valence-corrected chi connectivity index (χ4v) is 5.74. The minimum absolute atomic E-state index is 0.0785. The van der Waals surface area contributed by atoms with Crippen molar-refractivity contribution < 1.29 is 18.0 Å². The summed E-state index contributed by atoms with van der Waals surface area (Å²) in [4.78, 5) is 28.7. The number of rotatable bonds is 13. The molecule has 0 bridgehead atoms. The first-order valence-electron chi connectivity index (χ1n) is 13.4. The summed E-state index contributed by atoms with van der Waals surface area (Å²) in [5, 5.41) is 3.46. The summed E-state index contributed by atoms with van der Waals surface area (Å²) >= 11 is 6.08. The minimum Gasteiger partial charge on any atom is -0.355 e. The van der Waals surface area contributed by atoms with E-state index in [1.54, 1.807) is 17.0 Å². The van der Waals surface area contributed by atoms with Gasteiger partial charge in [0, 0.05) is 37.5 Å². The van der Waals surface area contributed by atoms with Gasteiger partial charge in [-0.25, -0.2) is 8.42 Å². The van der Waals surface area contributed by atoms with Gasteiger partial charge in [0.2, 0.25) is 21.8 Å². The van der Waals surface area contributed by atoms with Crippen molar-refractivity contribution in [2.24, 2.45) is 0 Å². The predicted octanol–water partition coefficient (Wildman–Crippen LogP) is 5.28. The Balaban J connectivity index is 1.87. The van der Waals surface area contributed by atoms with Crippen molar-refractivity contribution in [3.63, 3.8) is 0 Å². The van der Waals surface area contributed by atoms with Crippen LogP contribution < -0.4 is 9.62 Å². The molecule has 0 radical (unpaired) electrons. The summed E-state index contributed by atoms with van der Waals surface area (Å²) in [6.45, 7) is 6.43. The molecule has 0 spiro atoms. The highest BCUT2D eigenvalue weighted by molar-refractivity contribution is 7.92. The molecule has 1 unspecified atom stereocenters. The lowest BCUT2D eigenvalue weighted by atomic mass is 10.0. The van der Waals surface area contributed by atoms with Crippen LogP contribution in [0.15, 0.2) is 72.8 Å². The van der Waals surface area contributed by atoms with Crippen LogP contribution in [0.3, 0.4) is 0 Å². The first kappa shape index (κ1) is 31.2. The smallest absolute Gasteiger partial charge is 0.243 e. The van der Waals surface area contributed by atoms with Crippen molar-refractivity contribution in [2.75, 3.05) is 23.7 Å². The third kappa shape index (κ3) is 8.83. The van der Waals surface area contributed by atoms with Crippen molar-refractivity contribution in [1.29, 1.82) is 0 Å². The van der Waals surface area contributed by atoms with E-state index in [4.69, 9.17) is 11.6 Å². The highest BCUT2D eigenvalue weighted by Crippen LogP contribution is 2.25. The number of hydrogen-bond donors (Lipinski definition) is 1. The SMILES string of the molecule is CCNC(=O)C(Cc1ccccc1)N(Cc1ccc(Cl)cc1)C(=O)CCCN(c1cc(C)ccc1C)S(C)(=O)=O. The lowest BCUT2D eigenvalue weighted by molar-refractivity contribution is -0.141. The number of amides is 2. The maximum atomic E-state index is 13.8. The molecule has 0 heterocycles. The average Bonchev–Trinajstić information content (AvgIpc) is 2.91. The highest BCUT2D eigenvalue weighted by atomic mass is 35.5. The molecule has 214 valence electrons. The molecule has 0 saturated heterocycles. The van der Waals surface area contributed by atoms with Crippen LogP contribution in [0.5, 0.6) is 0 Å². The molecule has 0 aliphatic heterocycles. The number of benzene rings is 3. The van der Waals surface area contributed by atoms with Gasteiger partial charge in [-0.05, 0) is 67.6 Å². The zero-order valence-electron chi connectivity index (χ0n) is 23.6. The van der Waals surface area contributed by atoms with Gasteiger partial charge in [0.05, 0.1) is 11.9 Å². The summed E-state index contributed by atoms with van der Waals surface area (Å²) in [7, 11) is -3.57. The monoisotopic (exact) mass is 583 g/mol.